The quantitative estimate of drug-likeness (QED) is 0.148. The zero-order valence-corrected chi connectivity index (χ0v) is 30.0. The van der Waals surface area contributed by atoms with Gasteiger partial charge in [-0.05, 0) is 69.8 Å². The van der Waals surface area contributed by atoms with E-state index < -0.39 is 5.82 Å². The van der Waals surface area contributed by atoms with E-state index >= 15 is 4.39 Å². The van der Waals surface area contributed by atoms with E-state index in [2.05, 4.69) is 29.1 Å². The molecule has 13 heteroatoms. The lowest BCUT2D eigenvalue weighted by Gasteiger charge is -2.38. The third kappa shape index (κ3) is 6.32. The van der Waals surface area contributed by atoms with Crippen LogP contribution in [-0.2, 0) is 9.53 Å². The standard InChI is InChI=1S/C39H38ClFN8O3/c1-23(31-9-5-16-47(31)2)52-39-29-22-45-49(27-13-17-48(26(19-27)11-14-42)32(50)10-6-18-51-3)38(29)28-20-30(40)34(35(41)36(28)46-39)37-33-24(12-15-44-37)7-4-8-25(33)21-43/h4,6-8,10,12,15,20,22-23,26-27,31H,5,9,11,13,16-19H2,1-3H3/b10-6+/t23-,26+,27-,31-/m0/s1. The Bertz CT molecular complexity index is 2290. The topological polar surface area (TPSA) is 133 Å². The highest BCUT2D eigenvalue weighted by Crippen LogP contribution is 2.43. The molecule has 11 nitrogen and oxygen atoms in total. The van der Waals surface area contributed by atoms with Crippen LogP contribution in [0.4, 0.5) is 4.39 Å². The fraction of sp³-hybridized carbons (Fsp3) is 0.385. The summed E-state index contributed by atoms with van der Waals surface area (Å²) in [4.78, 5) is 26.5. The first-order chi connectivity index (χ1) is 25.2. The van der Waals surface area contributed by atoms with Gasteiger partial charge < -0.3 is 14.4 Å². The van der Waals surface area contributed by atoms with Crippen LogP contribution < -0.4 is 4.74 Å². The first kappa shape index (κ1) is 35.3. The minimum atomic E-state index is -0.689. The Balaban J connectivity index is 1.39. The van der Waals surface area contributed by atoms with Crippen molar-refractivity contribution >= 4 is 50.1 Å². The number of nitriles is 2. The Morgan fingerprint density at radius 3 is 2.81 bits per heavy atom. The summed E-state index contributed by atoms with van der Waals surface area (Å²) in [5.74, 6) is -0.618. The average molecular weight is 721 g/mol. The second-order valence-electron chi connectivity index (χ2n) is 13.5. The van der Waals surface area contributed by atoms with E-state index in [0.29, 0.717) is 53.2 Å². The third-order valence-corrected chi connectivity index (χ3v) is 10.7. The lowest BCUT2D eigenvalue weighted by atomic mass is 9.94. The van der Waals surface area contributed by atoms with Crippen molar-refractivity contribution in [3.8, 4) is 29.3 Å². The molecule has 5 aromatic rings. The van der Waals surface area contributed by atoms with Gasteiger partial charge in [-0.1, -0.05) is 29.8 Å². The van der Waals surface area contributed by atoms with Crippen LogP contribution in [0.5, 0.6) is 5.88 Å². The third-order valence-electron chi connectivity index (χ3n) is 10.4. The Labute approximate surface area is 305 Å². The molecular formula is C39H38ClFN8O3. The van der Waals surface area contributed by atoms with E-state index in [4.69, 9.17) is 31.2 Å². The highest BCUT2D eigenvalue weighted by molar-refractivity contribution is 6.35. The van der Waals surface area contributed by atoms with E-state index in [1.807, 2.05) is 17.7 Å². The monoisotopic (exact) mass is 720 g/mol. The number of hydrogen-bond donors (Lipinski definition) is 0. The minimum absolute atomic E-state index is 0.0355. The van der Waals surface area contributed by atoms with Crippen LogP contribution in [0.3, 0.4) is 0 Å². The molecule has 7 rings (SSSR count). The lowest BCUT2D eigenvalue weighted by Crippen LogP contribution is -2.46. The summed E-state index contributed by atoms with van der Waals surface area (Å²) in [5, 5.41) is 26.9. The van der Waals surface area contributed by atoms with Gasteiger partial charge in [0.2, 0.25) is 11.8 Å². The number of aromatic nitrogens is 4. The zero-order valence-electron chi connectivity index (χ0n) is 29.2. The van der Waals surface area contributed by atoms with Gasteiger partial charge in [-0.25, -0.2) is 9.37 Å². The molecule has 1 amide bonds. The highest BCUT2D eigenvalue weighted by Gasteiger charge is 2.35. The molecular weight excluding hydrogens is 683 g/mol. The van der Waals surface area contributed by atoms with Crippen molar-refractivity contribution in [3.05, 3.63) is 71.3 Å². The number of pyridine rings is 2. The summed E-state index contributed by atoms with van der Waals surface area (Å²) in [7, 11) is 3.63. The summed E-state index contributed by atoms with van der Waals surface area (Å²) < 4.78 is 30.7. The second-order valence-corrected chi connectivity index (χ2v) is 13.9. The fourth-order valence-electron chi connectivity index (χ4n) is 7.91. The largest absolute Gasteiger partial charge is 0.472 e. The van der Waals surface area contributed by atoms with Crippen molar-refractivity contribution in [2.24, 2.45) is 0 Å². The van der Waals surface area contributed by atoms with E-state index in [0.717, 1.165) is 24.8 Å². The first-order valence-corrected chi connectivity index (χ1v) is 17.8. The van der Waals surface area contributed by atoms with Crippen LogP contribution in [0, 0.1) is 28.5 Å². The minimum Gasteiger partial charge on any atom is -0.472 e. The van der Waals surface area contributed by atoms with Gasteiger partial charge in [0.15, 0.2) is 5.82 Å². The van der Waals surface area contributed by atoms with Gasteiger partial charge >= 0.3 is 0 Å². The number of methoxy groups -OCH3 is 1. The molecule has 0 aliphatic carbocycles. The van der Waals surface area contributed by atoms with Crippen LogP contribution in [0.25, 0.3) is 43.8 Å². The van der Waals surface area contributed by atoms with E-state index in [9.17, 15) is 15.3 Å². The van der Waals surface area contributed by atoms with Gasteiger partial charge in [-0.2, -0.15) is 15.6 Å². The predicted octanol–water partition coefficient (Wildman–Crippen LogP) is 6.97. The maximum atomic E-state index is 17.2. The van der Waals surface area contributed by atoms with Crippen LogP contribution >= 0.6 is 11.6 Å². The van der Waals surface area contributed by atoms with Crippen molar-refractivity contribution in [1.29, 1.82) is 10.5 Å². The molecule has 2 aliphatic rings. The normalized spacial score (nSPS) is 20.1. The molecule has 266 valence electrons. The summed E-state index contributed by atoms with van der Waals surface area (Å²) in [5.41, 5.74) is 1.27. The van der Waals surface area contributed by atoms with Gasteiger partial charge in [-0.15, -0.1) is 0 Å². The maximum absolute atomic E-state index is 17.2. The summed E-state index contributed by atoms with van der Waals surface area (Å²) in [6.07, 6.45) is 9.33. The molecule has 2 aromatic carbocycles. The average Bonchev–Trinajstić information content (AvgIpc) is 3.79. The number of nitrogens with zero attached hydrogens (tertiary/aromatic N) is 8. The number of carbonyl (C=O) groups is 1. The fourth-order valence-corrected chi connectivity index (χ4v) is 8.19. The number of amides is 1. The molecule has 2 saturated heterocycles. The Morgan fingerprint density at radius 2 is 2.06 bits per heavy atom. The van der Waals surface area contributed by atoms with Crippen molar-refractivity contribution in [2.75, 3.05) is 33.9 Å². The zero-order chi connectivity index (χ0) is 36.5. The molecule has 5 heterocycles. The maximum Gasteiger partial charge on any atom is 0.246 e. The van der Waals surface area contributed by atoms with Gasteiger partial charge in [-0.3, -0.25) is 19.4 Å². The first-order valence-electron chi connectivity index (χ1n) is 17.4. The molecule has 0 bridgehead atoms. The van der Waals surface area contributed by atoms with E-state index in [1.54, 1.807) is 54.7 Å². The van der Waals surface area contributed by atoms with Crippen LogP contribution in [0.2, 0.25) is 5.02 Å². The number of fused-ring (bicyclic) bond motifs is 4. The number of piperidine rings is 1. The molecule has 2 aliphatic heterocycles. The number of likely N-dealkylation sites (N-methyl/N-ethyl adjacent to an activating group) is 1. The Hall–Kier alpha value is -5.14. The number of benzene rings is 2. The smallest absolute Gasteiger partial charge is 0.246 e. The van der Waals surface area contributed by atoms with Gasteiger partial charge in [0.25, 0.3) is 0 Å². The summed E-state index contributed by atoms with van der Waals surface area (Å²) >= 11 is 6.99. The number of halogens is 2. The predicted molar refractivity (Wildman–Crippen MR) is 196 cm³/mol. The molecule has 0 radical (unpaired) electrons. The summed E-state index contributed by atoms with van der Waals surface area (Å²) in [6, 6.07) is 12.8. The molecule has 0 spiro atoms. The van der Waals surface area contributed by atoms with Gasteiger partial charge in [0.05, 0.1) is 70.2 Å². The molecule has 2 fully saturated rings. The molecule has 0 unspecified atom stereocenters. The number of likely N-dealkylation sites (tertiary alicyclic amines) is 2. The highest BCUT2D eigenvalue weighted by atomic mass is 35.5. The van der Waals surface area contributed by atoms with Crippen molar-refractivity contribution in [1.82, 2.24) is 29.5 Å². The van der Waals surface area contributed by atoms with E-state index in [-0.39, 0.29) is 64.2 Å². The van der Waals surface area contributed by atoms with Gasteiger partial charge in [0, 0.05) is 48.8 Å². The molecule has 0 saturated carbocycles. The lowest BCUT2D eigenvalue weighted by molar-refractivity contribution is -0.130. The molecule has 3 aromatic heterocycles. The van der Waals surface area contributed by atoms with Crippen molar-refractivity contribution in [3.63, 3.8) is 0 Å². The van der Waals surface area contributed by atoms with Crippen LogP contribution in [-0.4, -0.2) is 87.5 Å². The Kier molecular flexibility index (Phi) is 10.1. The molecule has 4 atom stereocenters. The van der Waals surface area contributed by atoms with E-state index in [1.165, 1.54) is 6.08 Å². The number of carbonyl (C=O) groups excluding carboxylic acids is 1. The number of rotatable bonds is 9. The van der Waals surface area contributed by atoms with Crippen molar-refractivity contribution in [2.45, 2.75) is 63.3 Å². The summed E-state index contributed by atoms with van der Waals surface area (Å²) in [6.45, 7) is 3.67. The Morgan fingerprint density at radius 1 is 1.21 bits per heavy atom. The second kappa shape index (κ2) is 14.8. The van der Waals surface area contributed by atoms with Gasteiger partial charge in [0.1, 0.15) is 11.6 Å². The van der Waals surface area contributed by atoms with Crippen molar-refractivity contribution < 1.29 is 18.7 Å². The molecule has 52 heavy (non-hydrogen) atoms. The van der Waals surface area contributed by atoms with Crippen LogP contribution in [0.15, 0.2) is 54.9 Å². The SMILES string of the molecule is COC/C=C/C(=O)N1CC[C@H](n2ncc3c(O[C@@H](C)[C@@H]4CCCN4C)nc4c(F)c(-c5nccc6cccc(C#N)c56)c(Cl)cc4c32)C[C@H]1CC#N. The number of hydrogen-bond acceptors (Lipinski definition) is 9. The van der Waals surface area contributed by atoms with Crippen LogP contribution in [0.1, 0.15) is 50.6 Å². The molecule has 0 N–H and O–H groups in total. The number of ether oxygens (including phenoxy) is 2.